The monoisotopic (exact) mass is 1300 g/mol. The number of carbonyl (C=O) groups excluding carboxylic acids is 4. The Bertz CT molecular complexity index is 1720. The van der Waals surface area contributed by atoms with Gasteiger partial charge in [-0.2, -0.15) is 0 Å². The first-order chi connectivity index (χ1) is 42.4. The minimum atomic E-state index is -4.95. The number of rotatable bonds is 68. The summed E-state index contributed by atoms with van der Waals surface area (Å²) in [7, 11) is -9.88. The molecule has 522 valence electrons. The van der Waals surface area contributed by atoms with E-state index in [1.165, 1.54) is 161 Å². The van der Waals surface area contributed by atoms with Gasteiger partial charge < -0.3 is 33.8 Å². The predicted octanol–water partition coefficient (Wildman–Crippen LogP) is 19.6. The zero-order chi connectivity index (χ0) is 65.0. The molecule has 0 aromatic heterocycles. The molecule has 0 aromatic rings. The standard InChI is InChI=1S/C69H134O17P2/c1-7-10-12-14-15-16-25-29-34-40-46-52-67(72)80-58-65(86-68(73)53-47-41-35-30-27-24-22-20-18-17-19-21-23-26-28-33-39-44-50-62(6)9-3)60-84-88(77,78)82-56-63(70)55-81-87(75,76)83-59-64(57-79-66(71)51-45-37-13-11-8-2)85-69(74)54-48-42-36-31-32-38-43-49-61(4)5/h61-65,70H,7-60H2,1-6H3,(H,75,76)(H,77,78)/t62?,63-,64+,65+/m0/s1. The summed E-state index contributed by atoms with van der Waals surface area (Å²) in [4.78, 5) is 72.1. The lowest BCUT2D eigenvalue weighted by molar-refractivity contribution is -0.161. The molecule has 0 fully saturated rings. The van der Waals surface area contributed by atoms with E-state index in [9.17, 15) is 43.2 Å². The van der Waals surface area contributed by atoms with E-state index in [0.717, 1.165) is 102 Å². The zero-order valence-corrected chi connectivity index (χ0v) is 58.8. The van der Waals surface area contributed by atoms with Gasteiger partial charge in [0.1, 0.15) is 19.3 Å². The Labute approximate surface area is 537 Å². The Kier molecular flexibility index (Phi) is 59.9. The van der Waals surface area contributed by atoms with Gasteiger partial charge in [-0.25, -0.2) is 9.13 Å². The third-order valence-corrected chi connectivity index (χ3v) is 18.2. The maximum Gasteiger partial charge on any atom is 0.472 e. The number of aliphatic hydroxyl groups is 1. The van der Waals surface area contributed by atoms with Gasteiger partial charge in [0.2, 0.25) is 0 Å². The van der Waals surface area contributed by atoms with Gasteiger partial charge in [0, 0.05) is 25.7 Å². The van der Waals surface area contributed by atoms with Crippen molar-refractivity contribution < 1.29 is 80.2 Å². The number of carbonyl (C=O) groups is 4. The van der Waals surface area contributed by atoms with Crippen molar-refractivity contribution in [1.29, 1.82) is 0 Å². The van der Waals surface area contributed by atoms with E-state index in [1.807, 2.05) is 0 Å². The smallest absolute Gasteiger partial charge is 0.462 e. The summed E-state index contributed by atoms with van der Waals surface area (Å²) in [6, 6.07) is 0. The molecular weight excluding hydrogens is 1160 g/mol. The summed E-state index contributed by atoms with van der Waals surface area (Å²) in [5.41, 5.74) is 0. The maximum atomic E-state index is 13.0. The molecule has 3 N–H and O–H groups in total. The van der Waals surface area contributed by atoms with Crippen LogP contribution >= 0.6 is 15.6 Å². The van der Waals surface area contributed by atoms with Crippen LogP contribution in [0.2, 0.25) is 0 Å². The average Bonchev–Trinajstić information content (AvgIpc) is 3.71. The van der Waals surface area contributed by atoms with E-state index >= 15 is 0 Å². The van der Waals surface area contributed by atoms with Crippen LogP contribution in [-0.4, -0.2) is 96.7 Å². The third kappa shape index (κ3) is 61.6. The topological polar surface area (TPSA) is 237 Å². The van der Waals surface area contributed by atoms with Gasteiger partial charge in [0.15, 0.2) is 12.2 Å². The van der Waals surface area contributed by atoms with Gasteiger partial charge in [0.25, 0.3) is 0 Å². The summed E-state index contributed by atoms with van der Waals surface area (Å²) in [6.07, 6.45) is 46.4. The molecule has 3 unspecified atom stereocenters. The highest BCUT2D eigenvalue weighted by Crippen LogP contribution is 2.45. The fraction of sp³-hybridized carbons (Fsp3) is 0.942. The molecule has 0 aliphatic rings. The molecule has 0 saturated heterocycles. The average molecular weight is 1300 g/mol. The van der Waals surface area contributed by atoms with E-state index in [0.29, 0.717) is 31.6 Å². The summed E-state index contributed by atoms with van der Waals surface area (Å²) in [5, 5.41) is 10.5. The predicted molar refractivity (Wildman–Crippen MR) is 354 cm³/mol. The van der Waals surface area contributed by atoms with Crippen molar-refractivity contribution >= 4 is 39.5 Å². The van der Waals surface area contributed by atoms with E-state index in [2.05, 4.69) is 41.5 Å². The van der Waals surface area contributed by atoms with Crippen LogP contribution in [0, 0.1) is 11.8 Å². The van der Waals surface area contributed by atoms with Crippen LogP contribution in [0.4, 0.5) is 0 Å². The van der Waals surface area contributed by atoms with Crippen LogP contribution in [0.1, 0.15) is 350 Å². The molecule has 0 amide bonds. The van der Waals surface area contributed by atoms with E-state index < -0.39 is 97.5 Å². The van der Waals surface area contributed by atoms with Crippen molar-refractivity contribution in [2.75, 3.05) is 39.6 Å². The van der Waals surface area contributed by atoms with Crippen molar-refractivity contribution in [1.82, 2.24) is 0 Å². The minimum Gasteiger partial charge on any atom is -0.462 e. The Hall–Kier alpha value is -1.94. The van der Waals surface area contributed by atoms with Crippen molar-refractivity contribution in [2.24, 2.45) is 11.8 Å². The van der Waals surface area contributed by atoms with Gasteiger partial charge in [0.05, 0.1) is 26.4 Å². The number of esters is 4. The SMILES string of the molecule is CCCCCCCCCCCCCC(=O)OC[C@H](COP(=O)(O)OC[C@@H](O)COP(=O)(O)OC[C@@H](COC(=O)CCCCCCC)OC(=O)CCCCCCCCCC(C)C)OC(=O)CCCCCCCCCCCCCCCCCCCCC(C)CC. The minimum absolute atomic E-state index is 0.103. The summed E-state index contributed by atoms with van der Waals surface area (Å²) < 4.78 is 67.9. The second kappa shape index (κ2) is 61.3. The Morgan fingerprint density at radius 2 is 0.580 bits per heavy atom. The number of aliphatic hydroxyl groups excluding tert-OH is 1. The number of hydrogen-bond donors (Lipinski definition) is 3. The quantitative estimate of drug-likeness (QED) is 0.0222. The van der Waals surface area contributed by atoms with Gasteiger partial charge >= 0.3 is 39.5 Å². The molecule has 0 bridgehead atoms. The molecular formula is C69H134O17P2. The summed E-state index contributed by atoms with van der Waals surface area (Å²) in [6.45, 7) is 9.44. The molecule has 0 rings (SSSR count). The van der Waals surface area contributed by atoms with Gasteiger partial charge in [-0.05, 0) is 37.5 Å². The van der Waals surface area contributed by atoms with Crippen molar-refractivity contribution in [2.45, 2.75) is 368 Å². The maximum absolute atomic E-state index is 13.0. The van der Waals surface area contributed by atoms with Crippen LogP contribution in [0.25, 0.3) is 0 Å². The highest BCUT2D eigenvalue weighted by atomic mass is 31.2. The lowest BCUT2D eigenvalue weighted by Crippen LogP contribution is -2.30. The number of hydrogen-bond acceptors (Lipinski definition) is 15. The van der Waals surface area contributed by atoms with Crippen LogP contribution in [0.5, 0.6) is 0 Å². The third-order valence-electron chi connectivity index (χ3n) is 16.3. The fourth-order valence-corrected chi connectivity index (χ4v) is 12.0. The van der Waals surface area contributed by atoms with E-state index in [1.54, 1.807) is 0 Å². The van der Waals surface area contributed by atoms with Crippen LogP contribution < -0.4 is 0 Å². The molecule has 6 atom stereocenters. The molecule has 0 aliphatic carbocycles. The van der Waals surface area contributed by atoms with Crippen LogP contribution in [0.3, 0.4) is 0 Å². The Morgan fingerprint density at radius 3 is 0.864 bits per heavy atom. The van der Waals surface area contributed by atoms with E-state index in [-0.39, 0.29) is 25.7 Å². The van der Waals surface area contributed by atoms with Crippen molar-refractivity contribution in [3.63, 3.8) is 0 Å². The molecule has 0 radical (unpaired) electrons. The molecule has 0 saturated carbocycles. The van der Waals surface area contributed by atoms with Crippen LogP contribution in [-0.2, 0) is 65.4 Å². The van der Waals surface area contributed by atoms with E-state index in [4.69, 9.17) is 37.0 Å². The molecule has 0 spiro atoms. The number of phosphoric ester groups is 2. The molecule has 0 aliphatic heterocycles. The lowest BCUT2D eigenvalue weighted by atomic mass is 9.99. The first kappa shape index (κ1) is 86.1. The molecule has 88 heavy (non-hydrogen) atoms. The normalized spacial score (nSPS) is 14.5. The van der Waals surface area contributed by atoms with Gasteiger partial charge in [-0.3, -0.25) is 37.3 Å². The molecule has 19 heteroatoms. The van der Waals surface area contributed by atoms with Crippen LogP contribution in [0.15, 0.2) is 0 Å². The second-order valence-electron chi connectivity index (χ2n) is 25.6. The summed E-state index contributed by atoms with van der Waals surface area (Å²) in [5.74, 6) is -0.573. The fourth-order valence-electron chi connectivity index (χ4n) is 10.4. The molecule has 0 aromatic carbocycles. The van der Waals surface area contributed by atoms with Gasteiger partial charge in [-0.15, -0.1) is 0 Å². The number of phosphoric acid groups is 2. The van der Waals surface area contributed by atoms with Crippen molar-refractivity contribution in [3.05, 3.63) is 0 Å². The zero-order valence-electron chi connectivity index (χ0n) is 57.0. The highest BCUT2D eigenvalue weighted by Gasteiger charge is 2.30. The summed E-state index contributed by atoms with van der Waals surface area (Å²) >= 11 is 0. The number of unbranched alkanes of at least 4 members (excludes halogenated alkanes) is 37. The highest BCUT2D eigenvalue weighted by molar-refractivity contribution is 7.47. The Morgan fingerprint density at radius 1 is 0.330 bits per heavy atom. The van der Waals surface area contributed by atoms with Crippen molar-refractivity contribution in [3.8, 4) is 0 Å². The number of ether oxygens (including phenoxy) is 4. The lowest BCUT2D eigenvalue weighted by Gasteiger charge is -2.21. The Balaban J connectivity index is 5.07. The molecule has 0 heterocycles. The first-order valence-electron chi connectivity index (χ1n) is 36.0. The largest absolute Gasteiger partial charge is 0.472 e. The molecule has 17 nitrogen and oxygen atoms in total. The first-order valence-corrected chi connectivity index (χ1v) is 39.0. The van der Waals surface area contributed by atoms with Gasteiger partial charge in [-0.1, -0.05) is 298 Å². The second-order valence-corrected chi connectivity index (χ2v) is 28.5.